The van der Waals surface area contributed by atoms with E-state index in [0.717, 1.165) is 12.1 Å². The molecule has 1 heterocycles. The summed E-state index contributed by atoms with van der Waals surface area (Å²) in [5.41, 5.74) is 0.219. The number of amides is 2. The fraction of sp³-hybridized carbons (Fsp3) is 0. The molecule has 150 valence electrons. The summed E-state index contributed by atoms with van der Waals surface area (Å²) in [4.78, 5) is 25.5. The quantitative estimate of drug-likeness (QED) is 0.428. The van der Waals surface area contributed by atoms with Gasteiger partial charge in [0.1, 0.15) is 22.9 Å². The summed E-state index contributed by atoms with van der Waals surface area (Å²) >= 11 is 5.97. The molecule has 0 spiro atoms. The van der Waals surface area contributed by atoms with Crippen molar-refractivity contribution in [1.29, 1.82) is 0 Å². The van der Waals surface area contributed by atoms with Crippen LogP contribution in [0, 0.1) is 11.6 Å². The number of carbonyl (C=O) groups excluding carboxylic acids is 2. The van der Waals surface area contributed by atoms with Crippen LogP contribution in [0.5, 0.6) is 0 Å². The van der Waals surface area contributed by atoms with Crippen LogP contribution in [0.3, 0.4) is 0 Å². The van der Waals surface area contributed by atoms with Crippen molar-refractivity contribution >= 4 is 45.8 Å². The van der Waals surface area contributed by atoms with E-state index in [1.807, 2.05) is 0 Å². The van der Waals surface area contributed by atoms with Crippen molar-refractivity contribution < 1.29 is 22.8 Å². The van der Waals surface area contributed by atoms with Gasteiger partial charge in [0.25, 0.3) is 11.8 Å². The Morgan fingerprint density at radius 2 is 1.63 bits per heavy atom. The molecule has 4 rings (SSSR count). The number of rotatable bonds is 4. The predicted octanol–water partition coefficient (Wildman–Crippen LogP) is 5.87. The van der Waals surface area contributed by atoms with Gasteiger partial charge in [0.2, 0.25) is 5.76 Å². The van der Waals surface area contributed by atoms with Crippen molar-refractivity contribution in [3.8, 4) is 0 Å². The summed E-state index contributed by atoms with van der Waals surface area (Å²) < 4.78 is 33.2. The van der Waals surface area contributed by atoms with Crippen molar-refractivity contribution in [2.45, 2.75) is 0 Å². The lowest BCUT2D eigenvalue weighted by Gasteiger charge is -2.09. The van der Waals surface area contributed by atoms with E-state index in [4.69, 9.17) is 16.0 Å². The van der Waals surface area contributed by atoms with Gasteiger partial charge in [0.05, 0.1) is 10.6 Å². The van der Waals surface area contributed by atoms with Crippen LogP contribution in [-0.4, -0.2) is 11.8 Å². The number of benzene rings is 3. The molecule has 5 nitrogen and oxygen atoms in total. The molecule has 0 saturated heterocycles. The van der Waals surface area contributed by atoms with Crippen LogP contribution in [-0.2, 0) is 0 Å². The first-order valence-corrected chi connectivity index (χ1v) is 9.15. The average molecular weight is 427 g/mol. The van der Waals surface area contributed by atoms with Crippen LogP contribution in [0.1, 0.15) is 20.9 Å². The molecule has 0 radical (unpaired) electrons. The van der Waals surface area contributed by atoms with E-state index in [-0.39, 0.29) is 27.7 Å². The molecule has 8 heteroatoms. The second-order valence-corrected chi connectivity index (χ2v) is 6.72. The van der Waals surface area contributed by atoms with Crippen LogP contribution in [0.2, 0.25) is 5.02 Å². The first kappa shape index (κ1) is 19.6. The van der Waals surface area contributed by atoms with E-state index < -0.39 is 23.4 Å². The Labute approximate surface area is 174 Å². The first-order chi connectivity index (χ1) is 14.4. The van der Waals surface area contributed by atoms with Gasteiger partial charge in [-0.3, -0.25) is 9.59 Å². The van der Waals surface area contributed by atoms with Gasteiger partial charge < -0.3 is 15.1 Å². The molecule has 0 aliphatic heterocycles. The average Bonchev–Trinajstić information content (AvgIpc) is 3.06. The van der Waals surface area contributed by atoms with Crippen molar-refractivity contribution in [2.24, 2.45) is 0 Å². The molecular formula is C22H13ClF2N2O3. The smallest absolute Gasteiger partial charge is 0.293 e. The fourth-order valence-electron chi connectivity index (χ4n) is 2.97. The predicted molar refractivity (Wildman–Crippen MR) is 110 cm³/mol. The zero-order valence-corrected chi connectivity index (χ0v) is 16.0. The van der Waals surface area contributed by atoms with Gasteiger partial charge >= 0.3 is 0 Å². The molecular weight excluding hydrogens is 414 g/mol. The number of hydrogen-bond acceptors (Lipinski definition) is 3. The second-order valence-electron chi connectivity index (χ2n) is 6.32. The molecule has 0 bridgehead atoms. The maximum absolute atomic E-state index is 14.1. The Kier molecular flexibility index (Phi) is 5.20. The van der Waals surface area contributed by atoms with E-state index in [1.54, 1.807) is 24.3 Å². The molecule has 30 heavy (non-hydrogen) atoms. The van der Waals surface area contributed by atoms with Gasteiger partial charge in [-0.15, -0.1) is 0 Å². The summed E-state index contributed by atoms with van der Waals surface area (Å²) in [5, 5.41) is 5.38. The highest BCUT2D eigenvalue weighted by molar-refractivity contribution is 6.34. The Hall–Kier alpha value is -3.71. The number of nitrogens with one attached hydrogen (secondary N) is 2. The Morgan fingerprint density at radius 1 is 0.867 bits per heavy atom. The van der Waals surface area contributed by atoms with Gasteiger partial charge in [-0.2, -0.15) is 0 Å². The zero-order chi connectivity index (χ0) is 21.3. The molecule has 2 amide bonds. The molecule has 1 aromatic heterocycles. The normalized spacial score (nSPS) is 10.8. The van der Waals surface area contributed by atoms with Crippen LogP contribution in [0.25, 0.3) is 11.0 Å². The highest BCUT2D eigenvalue weighted by Crippen LogP contribution is 2.32. The molecule has 0 aliphatic rings. The minimum absolute atomic E-state index is 0.0452. The van der Waals surface area contributed by atoms with Gasteiger partial charge in [-0.1, -0.05) is 35.9 Å². The minimum atomic E-state index is -0.843. The summed E-state index contributed by atoms with van der Waals surface area (Å²) in [6, 6.07) is 15.8. The number of para-hydroxylation sites is 1. The lowest BCUT2D eigenvalue weighted by atomic mass is 10.1. The minimum Gasteiger partial charge on any atom is -0.449 e. The third-order valence-electron chi connectivity index (χ3n) is 4.31. The highest BCUT2D eigenvalue weighted by atomic mass is 35.5. The number of furan rings is 1. The third kappa shape index (κ3) is 3.75. The molecule has 4 aromatic rings. The van der Waals surface area contributed by atoms with Crippen LogP contribution in [0.15, 0.2) is 71.1 Å². The number of carbonyl (C=O) groups is 2. The third-order valence-corrected chi connectivity index (χ3v) is 4.63. The summed E-state index contributed by atoms with van der Waals surface area (Å²) in [5.74, 6) is -3.11. The monoisotopic (exact) mass is 426 g/mol. The van der Waals surface area contributed by atoms with Gasteiger partial charge in [0.15, 0.2) is 0 Å². The Bertz CT molecular complexity index is 1270. The van der Waals surface area contributed by atoms with E-state index in [9.17, 15) is 18.4 Å². The lowest BCUT2D eigenvalue weighted by Crippen LogP contribution is -2.18. The Morgan fingerprint density at radius 3 is 2.40 bits per heavy atom. The molecule has 0 aliphatic carbocycles. The molecule has 3 aromatic carbocycles. The van der Waals surface area contributed by atoms with Crippen LogP contribution < -0.4 is 10.6 Å². The fourth-order valence-corrected chi connectivity index (χ4v) is 3.22. The standard InChI is InChI=1S/C22H13ClF2N2O3/c23-15-8-4-9-16(25)18(15)21(28)27-19-14-7-1-2-10-17(14)30-20(19)22(29)26-13-6-3-5-12(24)11-13/h1-11H,(H,26,29)(H,27,28). The number of halogens is 3. The molecule has 2 N–H and O–H groups in total. The molecule has 0 fully saturated rings. The van der Waals surface area contributed by atoms with E-state index in [2.05, 4.69) is 10.6 Å². The molecule has 0 unspecified atom stereocenters. The molecule has 0 saturated carbocycles. The largest absolute Gasteiger partial charge is 0.449 e. The van der Waals surface area contributed by atoms with Gasteiger partial charge in [-0.25, -0.2) is 8.78 Å². The zero-order valence-electron chi connectivity index (χ0n) is 15.2. The Balaban J connectivity index is 1.73. The topological polar surface area (TPSA) is 71.3 Å². The molecule has 0 atom stereocenters. The highest BCUT2D eigenvalue weighted by Gasteiger charge is 2.25. The maximum Gasteiger partial charge on any atom is 0.293 e. The summed E-state index contributed by atoms with van der Waals surface area (Å²) in [6.45, 7) is 0. The van der Waals surface area contributed by atoms with Gasteiger partial charge in [0, 0.05) is 11.1 Å². The van der Waals surface area contributed by atoms with E-state index in [1.165, 1.54) is 30.3 Å². The summed E-state index contributed by atoms with van der Waals surface area (Å²) in [6.07, 6.45) is 0. The SMILES string of the molecule is O=C(Nc1cccc(F)c1)c1oc2ccccc2c1NC(=O)c1c(F)cccc1Cl. The number of fused-ring (bicyclic) bond motifs is 1. The number of anilines is 2. The van der Waals surface area contributed by atoms with Crippen LogP contribution >= 0.6 is 11.6 Å². The first-order valence-electron chi connectivity index (χ1n) is 8.78. The van der Waals surface area contributed by atoms with Crippen molar-refractivity contribution in [1.82, 2.24) is 0 Å². The van der Waals surface area contributed by atoms with Crippen molar-refractivity contribution in [3.05, 3.63) is 94.7 Å². The van der Waals surface area contributed by atoms with E-state index in [0.29, 0.717) is 11.0 Å². The lowest BCUT2D eigenvalue weighted by molar-refractivity contribution is 0.0999. The second kappa shape index (κ2) is 7.96. The van der Waals surface area contributed by atoms with Gasteiger partial charge in [-0.05, 0) is 42.5 Å². The van der Waals surface area contributed by atoms with Crippen LogP contribution in [0.4, 0.5) is 20.2 Å². The summed E-state index contributed by atoms with van der Waals surface area (Å²) in [7, 11) is 0. The maximum atomic E-state index is 14.1. The van der Waals surface area contributed by atoms with E-state index >= 15 is 0 Å². The van der Waals surface area contributed by atoms with Crippen molar-refractivity contribution in [2.75, 3.05) is 10.6 Å². The number of hydrogen-bond donors (Lipinski definition) is 2. The van der Waals surface area contributed by atoms with Crippen molar-refractivity contribution in [3.63, 3.8) is 0 Å².